The lowest BCUT2D eigenvalue weighted by Gasteiger charge is -2.32. The van der Waals surface area contributed by atoms with Crippen LogP contribution in [-0.4, -0.2) is 21.4 Å². The van der Waals surface area contributed by atoms with Crippen LogP contribution in [-0.2, 0) is 12.0 Å². The minimum absolute atomic E-state index is 0.0602. The van der Waals surface area contributed by atoms with Crippen molar-refractivity contribution >= 4 is 55.4 Å². The third-order valence-corrected chi connectivity index (χ3v) is 7.15. The molecule has 0 radical (unpaired) electrons. The van der Waals surface area contributed by atoms with E-state index in [0.29, 0.717) is 11.1 Å². The molecule has 2 N–H and O–H groups in total. The fourth-order valence-corrected chi connectivity index (χ4v) is 5.73. The number of H-pyrrole nitrogens is 1. The van der Waals surface area contributed by atoms with Gasteiger partial charge in [-0.1, -0.05) is 50.2 Å². The van der Waals surface area contributed by atoms with Crippen molar-refractivity contribution in [2.45, 2.75) is 32.2 Å². The van der Waals surface area contributed by atoms with Crippen LogP contribution in [0, 0.1) is 0 Å². The molecule has 2 aliphatic rings. The van der Waals surface area contributed by atoms with Crippen molar-refractivity contribution in [3.63, 3.8) is 0 Å². The Labute approximate surface area is 171 Å². The van der Waals surface area contributed by atoms with Gasteiger partial charge in [0, 0.05) is 33.6 Å². The van der Waals surface area contributed by atoms with Crippen molar-refractivity contribution in [1.82, 2.24) is 14.9 Å². The van der Waals surface area contributed by atoms with Gasteiger partial charge < -0.3 is 9.55 Å². The maximum Gasteiger partial charge on any atom is 0.259 e. The Kier molecular flexibility index (Phi) is 2.66. The standard InChI is InChI=1S/C25H19N3O2/c1-25(2)10-11-28-21-13(7-5-8-14(21)25)17-19-18(23(29)27-24(19)30)16-12-6-3-4-9-15(12)26-20(16)22(17)28/h3-9,26H,10-11H2,1-2H3,(H,27,29,30). The van der Waals surface area contributed by atoms with E-state index in [2.05, 4.69) is 46.9 Å². The van der Waals surface area contributed by atoms with Gasteiger partial charge in [-0.15, -0.1) is 0 Å². The number of hydrogen-bond acceptors (Lipinski definition) is 2. The Morgan fingerprint density at radius 1 is 0.867 bits per heavy atom. The highest BCUT2D eigenvalue weighted by Gasteiger charge is 2.38. The number of carbonyl (C=O) groups excluding carboxylic acids is 2. The number of nitrogens with one attached hydrogen (secondary N) is 2. The minimum atomic E-state index is -0.307. The van der Waals surface area contributed by atoms with Crippen molar-refractivity contribution in [2.75, 3.05) is 0 Å². The normalized spacial score (nSPS) is 17.4. The lowest BCUT2D eigenvalue weighted by Crippen LogP contribution is -2.25. The minimum Gasteiger partial charge on any atom is -0.353 e. The molecule has 5 aromatic rings. The molecule has 0 unspecified atom stereocenters. The van der Waals surface area contributed by atoms with Crippen molar-refractivity contribution in [3.8, 4) is 0 Å². The number of nitrogens with zero attached hydrogens (tertiary/aromatic N) is 1. The van der Waals surface area contributed by atoms with Crippen LogP contribution in [0.3, 0.4) is 0 Å². The molecule has 146 valence electrons. The second-order valence-corrected chi connectivity index (χ2v) is 9.16. The second-order valence-electron chi connectivity index (χ2n) is 9.16. The summed E-state index contributed by atoms with van der Waals surface area (Å²) in [6, 6.07) is 14.4. The van der Waals surface area contributed by atoms with Gasteiger partial charge in [0.05, 0.1) is 27.7 Å². The average molecular weight is 393 g/mol. The summed E-state index contributed by atoms with van der Waals surface area (Å²) in [5.74, 6) is -0.603. The number of imide groups is 1. The summed E-state index contributed by atoms with van der Waals surface area (Å²) in [4.78, 5) is 29.5. The number of para-hydroxylation sites is 2. The van der Waals surface area contributed by atoms with Gasteiger partial charge in [-0.2, -0.15) is 0 Å². The molecule has 4 heterocycles. The summed E-state index contributed by atoms with van der Waals surface area (Å²) in [6.07, 6.45) is 1.02. The molecular weight excluding hydrogens is 374 g/mol. The highest BCUT2D eigenvalue weighted by Crippen LogP contribution is 2.47. The third-order valence-electron chi connectivity index (χ3n) is 7.15. The molecule has 0 aliphatic carbocycles. The Morgan fingerprint density at radius 2 is 1.60 bits per heavy atom. The van der Waals surface area contributed by atoms with Crippen molar-refractivity contribution in [3.05, 3.63) is 59.2 Å². The summed E-state index contributed by atoms with van der Waals surface area (Å²) >= 11 is 0. The van der Waals surface area contributed by atoms with Crippen molar-refractivity contribution in [1.29, 1.82) is 0 Å². The number of fused-ring (bicyclic) bond motifs is 10. The first-order valence-electron chi connectivity index (χ1n) is 10.3. The predicted octanol–water partition coefficient (Wildman–Crippen LogP) is 4.99. The SMILES string of the molecule is CC1(C)CCn2c3c1cccc3c1c3c(c4c5ccccc5[nH]c4c12)C(=O)NC3=O. The first-order chi connectivity index (χ1) is 14.5. The van der Waals surface area contributed by atoms with Crippen LogP contribution >= 0.6 is 0 Å². The summed E-state index contributed by atoms with van der Waals surface area (Å²) in [6.45, 7) is 5.44. The topological polar surface area (TPSA) is 66.9 Å². The first kappa shape index (κ1) is 16.2. The Morgan fingerprint density at radius 3 is 2.43 bits per heavy atom. The molecule has 7 rings (SSSR count). The fraction of sp³-hybridized carbons (Fsp3) is 0.200. The van der Waals surface area contributed by atoms with E-state index < -0.39 is 0 Å². The van der Waals surface area contributed by atoms with Gasteiger partial charge in [0.15, 0.2) is 0 Å². The van der Waals surface area contributed by atoms with Gasteiger partial charge in [-0.05, 0) is 23.5 Å². The van der Waals surface area contributed by atoms with E-state index in [-0.39, 0.29) is 17.2 Å². The summed E-state index contributed by atoms with van der Waals surface area (Å²) < 4.78 is 2.36. The van der Waals surface area contributed by atoms with E-state index in [0.717, 1.165) is 51.1 Å². The molecule has 0 bridgehead atoms. The fourth-order valence-electron chi connectivity index (χ4n) is 5.73. The summed E-state index contributed by atoms with van der Waals surface area (Å²) in [5, 5.41) is 6.33. The highest BCUT2D eigenvalue weighted by atomic mass is 16.2. The summed E-state index contributed by atoms with van der Waals surface area (Å²) in [7, 11) is 0. The third kappa shape index (κ3) is 1.67. The molecule has 0 saturated heterocycles. The average Bonchev–Trinajstić information content (AvgIpc) is 3.35. The summed E-state index contributed by atoms with van der Waals surface area (Å²) in [5.41, 5.74) is 6.51. The number of benzene rings is 3. The van der Waals surface area contributed by atoms with Crippen molar-refractivity contribution in [2.24, 2.45) is 0 Å². The number of amides is 2. The molecule has 3 aromatic carbocycles. The van der Waals surface area contributed by atoms with Crippen LogP contribution < -0.4 is 5.32 Å². The van der Waals surface area contributed by atoms with E-state index in [1.54, 1.807) is 0 Å². The second kappa shape index (κ2) is 4.93. The number of carbonyl (C=O) groups is 2. The van der Waals surface area contributed by atoms with Crippen LogP contribution in [0.2, 0.25) is 0 Å². The van der Waals surface area contributed by atoms with Crippen LogP contribution in [0.15, 0.2) is 42.5 Å². The van der Waals surface area contributed by atoms with E-state index in [9.17, 15) is 9.59 Å². The molecule has 0 spiro atoms. The molecule has 5 nitrogen and oxygen atoms in total. The molecule has 0 saturated carbocycles. The molecule has 2 aliphatic heterocycles. The number of rotatable bonds is 0. The van der Waals surface area contributed by atoms with Crippen LogP contribution in [0.1, 0.15) is 46.5 Å². The number of aryl methyl sites for hydroxylation is 1. The number of aromatic nitrogens is 2. The van der Waals surface area contributed by atoms with E-state index in [1.165, 1.54) is 11.1 Å². The monoisotopic (exact) mass is 393 g/mol. The van der Waals surface area contributed by atoms with Crippen molar-refractivity contribution < 1.29 is 9.59 Å². The molecule has 0 fully saturated rings. The maximum atomic E-state index is 13.0. The Hall–Kier alpha value is -3.60. The van der Waals surface area contributed by atoms with Crippen LogP contribution in [0.25, 0.3) is 43.6 Å². The smallest absolute Gasteiger partial charge is 0.259 e. The number of hydrogen-bond donors (Lipinski definition) is 2. The van der Waals surface area contributed by atoms with Crippen LogP contribution in [0.4, 0.5) is 0 Å². The molecule has 2 amide bonds. The zero-order valence-corrected chi connectivity index (χ0v) is 16.7. The van der Waals surface area contributed by atoms with Gasteiger partial charge in [0.2, 0.25) is 0 Å². The van der Waals surface area contributed by atoms with Gasteiger partial charge in [0.25, 0.3) is 11.8 Å². The molecule has 5 heteroatoms. The first-order valence-corrected chi connectivity index (χ1v) is 10.3. The zero-order chi connectivity index (χ0) is 20.4. The van der Waals surface area contributed by atoms with Crippen LogP contribution in [0.5, 0.6) is 0 Å². The maximum absolute atomic E-state index is 13.0. The van der Waals surface area contributed by atoms with E-state index >= 15 is 0 Å². The molecule has 2 aromatic heterocycles. The predicted molar refractivity (Wildman–Crippen MR) is 118 cm³/mol. The quantitative estimate of drug-likeness (QED) is 0.364. The highest BCUT2D eigenvalue weighted by molar-refractivity contribution is 6.39. The molecule has 30 heavy (non-hydrogen) atoms. The van der Waals surface area contributed by atoms with E-state index in [4.69, 9.17) is 0 Å². The Bertz CT molecular complexity index is 1630. The Balaban J connectivity index is 1.87. The van der Waals surface area contributed by atoms with E-state index in [1.807, 2.05) is 24.3 Å². The largest absolute Gasteiger partial charge is 0.353 e. The zero-order valence-electron chi connectivity index (χ0n) is 16.7. The lowest BCUT2D eigenvalue weighted by molar-refractivity contribution is 0.0880. The lowest BCUT2D eigenvalue weighted by atomic mass is 9.79. The van der Waals surface area contributed by atoms with Gasteiger partial charge in [-0.3, -0.25) is 14.9 Å². The van der Waals surface area contributed by atoms with Gasteiger partial charge in [-0.25, -0.2) is 0 Å². The molecule has 0 atom stereocenters. The van der Waals surface area contributed by atoms with Gasteiger partial charge in [0.1, 0.15) is 0 Å². The molecular formula is C25H19N3O2. The number of aromatic amines is 1. The van der Waals surface area contributed by atoms with Gasteiger partial charge >= 0.3 is 0 Å².